The second kappa shape index (κ2) is 8.87. The van der Waals surface area contributed by atoms with Crippen molar-refractivity contribution in [2.75, 3.05) is 37.9 Å². The first-order valence-corrected chi connectivity index (χ1v) is 8.31. The minimum absolute atomic E-state index is 0.0760. The SMILES string of the molecule is CN(C)C(=O)CCc1cccc(NC(=O)CN(C)c2ccccc2)c1. The number of para-hydroxylation sites is 1. The van der Waals surface area contributed by atoms with Crippen LogP contribution in [0.4, 0.5) is 11.4 Å². The second-order valence-electron chi connectivity index (χ2n) is 6.23. The van der Waals surface area contributed by atoms with Gasteiger partial charge in [0.25, 0.3) is 0 Å². The number of likely N-dealkylation sites (N-methyl/N-ethyl adjacent to an activating group) is 1. The maximum atomic E-state index is 12.2. The molecule has 0 aliphatic carbocycles. The molecule has 5 nitrogen and oxygen atoms in total. The van der Waals surface area contributed by atoms with Crippen molar-refractivity contribution >= 4 is 23.2 Å². The number of hydrogen-bond donors (Lipinski definition) is 1. The predicted molar refractivity (Wildman–Crippen MR) is 102 cm³/mol. The Morgan fingerprint density at radius 2 is 1.68 bits per heavy atom. The van der Waals surface area contributed by atoms with E-state index in [1.807, 2.05) is 66.5 Å². The van der Waals surface area contributed by atoms with Gasteiger partial charge < -0.3 is 15.1 Å². The molecule has 2 rings (SSSR count). The van der Waals surface area contributed by atoms with Crippen molar-refractivity contribution in [3.8, 4) is 0 Å². The van der Waals surface area contributed by atoms with Crippen LogP contribution in [0.5, 0.6) is 0 Å². The molecular weight excluding hydrogens is 314 g/mol. The number of nitrogens with zero attached hydrogens (tertiary/aromatic N) is 2. The average molecular weight is 339 g/mol. The third-order valence-electron chi connectivity index (χ3n) is 3.91. The van der Waals surface area contributed by atoms with E-state index in [4.69, 9.17) is 0 Å². The van der Waals surface area contributed by atoms with Crippen molar-refractivity contribution < 1.29 is 9.59 Å². The Morgan fingerprint density at radius 3 is 2.36 bits per heavy atom. The van der Waals surface area contributed by atoms with Gasteiger partial charge in [-0.3, -0.25) is 9.59 Å². The maximum Gasteiger partial charge on any atom is 0.243 e. The number of aryl methyl sites for hydroxylation is 1. The molecule has 0 aromatic heterocycles. The third-order valence-corrected chi connectivity index (χ3v) is 3.91. The molecule has 0 radical (unpaired) electrons. The highest BCUT2D eigenvalue weighted by Crippen LogP contribution is 2.14. The van der Waals surface area contributed by atoms with Gasteiger partial charge in [-0.1, -0.05) is 30.3 Å². The zero-order valence-electron chi connectivity index (χ0n) is 15.0. The molecule has 0 bridgehead atoms. The topological polar surface area (TPSA) is 52.7 Å². The lowest BCUT2D eigenvalue weighted by Crippen LogP contribution is -2.30. The van der Waals surface area contributed by atoms with Crippen molar-refractivity contribution in [3.63, 3.8) is 0 Å². The van der Waals surface area contributed by atoms with Crippen LogP contribution >= 0.6 is 0 Å². The number of benzene rings is 2. The zero-order chi connectivity index (χ0) is 18.2. The van der Waals surface area contributed by atoms with Gasteiger partial charge in [0, 0.05) is 38.9 Å². The smallest absolute Gasteiger partial charge is 0.243 e. The molecule has 25 heavy (non-hydrogen) atoms. The molecule has 0 spiro atoms. The Hall–Kier alpha value is -2.82. The maximum absolute atomic E-state index is 12.2. The molecule has 0 aliphatic rings. The predicted octanol–water partition coefficient (Wildman–Crippen LogP) is 2.78. The van der Waals surface area contributed by atoms with E-state index in [1.165, 1.54) is 0 Å². The largest absolute Gasteiger partial charge is 0.365 e. The zero-order valence-corrected chi connectivity index (χ0v) is 15.0. The second-order valence-corrected chi connectivity index (χ2v) is 6.23. The van der Waals surface area contributed by atoms with Crippen molar-refractivity contribution in [2.24, 2.45) is 0 Å². The van der Waals surface area contributed by atoms with Crippen LogP contribution in [0.3, 0.4) is 0 Å². The molecule has 0 saturated carbocycles. The third kappa shape index (κ3) is 5.95. The average Bonchev–Trinajstić information content (AvgIpc) is 2.60. The minimum atomic E-state index is -0.0760. The summed E-state index contributed by atoms with van der Waals surface area (Å²) in [5.74, 6) is 0.0202. The Balaban J connectivity index is 1.90. The Labute approximate surface area is 149 Å². The van der Waals surface area contributed by atoms with E-state index < -0.39 is 0 Å². The molecule has 2 amide bonds. The summed E-state index contributed by atoms with van der Waals surface area (Å²) >= 11 is 0. The van der Waals surface area contributed by atoms with E-state index >= 15 is 0 Å². The quantitative estimate of drug-likeness (QED) is 0.844. The van der Waals surface area contributed by atoms with E-state index in [2.05, 4.69) is 5.32 Å². The first kappa shape index (κ1) is 18.5. The summed E-state index contributed by atoms with van der Waals surface area (Å²) in [5.41, 5.74) is 2.78. The fourth-order valence-electron chi connectivity index (χ4n) is 2.47. The van der Waals surface area contributed by atoms with Gasteiger partial charge in [-0.2, -0.15) is 0 Å². The van der Waals surface area contributed by atoms with Crippen molar-refractivity contribution in [2.45, 2.75) is 12.8 Å². The Morgan fingerprint density at radius 1 is 0.960 bits per heavy atom. The first-order valence-electron chi connectivity index (χ1n) is 8.31. The molecular formula is C20H25N3O2. The molecule has 0 atom stereocenters. The van der Waals surface area contributed by atoms with Crippen LogP contribution in [0.15, 0.2) is 54.6 Å². The van der Waals surface area contributed by atoms with Crippen LogP contribution in [0, 0.1) is 0 Å². The number of carbonyl (C=O) groups is 2. The highest BCUT2D eigenvalue weighted by atomic mass is 16.2. The van der Waals surface area contributed by atoms with Crippen LogP contribution < -0.4 is 10.2 Å². The van der Waals surface area contributed by atoms with Crippen molar-refractivity contribution in [1.29, 1.82) is 0 Å². The molecule has 132 valence electrons. The number of carbonyl (C=O) groups excluding carboxylic acids is 2. The van der Waals surface area contributed by atoms with Crippen LogP contribution in [0.2, 0.25) is 0 Å². The highest BCUT2D eigenvalue weighted by molar-refractivity contribution is 5.94. The molecule has 5 heteroatoms. The fourth-order valence-corrected chi connectivity index (χ4v) is 2.47. The van der Waals surface area contributed by atoms with Gasteiger partial charge in [0.05, 0.1) is 6.54 Å². The Bertz CT molecular complexity index is 714. The molecule has 0 aliphatic heterocycles. The molecule has 0 saturated heterocycles. The fraction of sp³-hybridized carbons (Fsp3) is 0.300. The minimum Gasteiger partial charge on any atom is -0.365 e. The molecule has 2 aromatic rings. The monoisotopic (exact) mass is 339 g/mol. The number of hydrogen-bond acceptors (Lipinski definition) is 3. The van der Waals surface area contributed by atoms with Crippen molar-refractivity contribution in [3.05, 3.63) is 60.2 Å². The summed E-state index contributed by atoms with van der Waals surface area (Å²) in [7, 11) is 5.39. The highest BCUT2D eigenvalue weighted by Gasteiger charge is 2.09. The number of anilines is 2. The molecule has 2 aromatic carbocycles. The lowest BCUT2D eigenvalue weighted by atomic mass is 10.1. The summed E-state index contributed by atoms with van der Waals surface area (Å²) < 4.78 is 0. The van der Waals surface area contributed by atoms with Crippen molar-refractivity contribution in [1.82, 2.24) is 4.90 Å². The molecule has 1 N–H and O–H groups in total. The standard InChI is InChI=1S/C20H25N3O2/c1-22(2)20(25)13-12-16-8-7-9-17(14-16)21-19(24)15-23(3)18-10-5-4-6-11-18/h4-11,14H,12-13,15H2,1-3H3,(H,21,24). The number of rotatable bonds is 7. The van der Waals surface area contributed by atoms with Gasteiger partial charge in [-0.05, 0) is 36.2 Å². The van der Waals surface area contributed by atoms with Crippen LogP contribution in [-0.2, 0) is 16.0 Å². The summed E-state index contributed by atoms with van der Waals surface area (Å²) in [6, 6.07) is 17.4. The van der Waals surface area contributed by atoms with Gasteiger partial charge in [-0.25, -0.2) is 0 Å². The van der Waals surface area contributed by atoms with Gasteiger partial charge >= 0.3 is 0 Å². The van der Waals surface area contributed by atoms with E-state index in [0.717, 1.165) is 16.9 Å². The lowest BCUT2D eigenvalue weighted by molar-refractivity contribution is -0.128. The van der Waals surface area contributed by atoms with E-state index in [-0.39, 0.29) is 18.4 Å². The van der Waals surface area contributed by atoms with E-state index in [1.54, 1.807) is 19.0 Å². The summed E-state index contributed by atoms with van der Waals surface area (Å²) in [4.78, 5) is 27.4. The van der Waals surface area contributed by atoms with Gasteiger partial charge in [-0.15, -0.1) is 0 Å². The Kier molecular flexibility index (Phi) is 6.57. The van der Waals surface area contributed by atoms with Crippen LogP contribution in [0.1, 0.15) is 12.0 Å². The van der Waals surface area contributed by atoms with Crippen LogP contribution in [0.25, 0.3) is 0 Å². The number of nitrogens with one attached hydrogen (secondary N) is 1. The summed E-state index contributed by atoms with van der Waals surface area (Å²) in [6.45, 7) is 0.271. The molecule has 0 heterocycles. The molecule has 0 unspecified atom stereocenters. The lowest BCUT2D eigenvalue weighted by Gasteiger charge is -2.18. The van der Waals surface area contributed by atoms with Gasteiger partial charge in [0.2, 0.25) is 11.8 Å². The van der Waals surface area contributed by atoms with Crippen LogP contribution in [-0.4, -0.2) is 44.4 Å². The number of amides is 2. The van der Waals surface area contributed by atoms with Gasteiger partial charge in [0.15, 0.2) is 0 Å². The summed E-state index contributed by atoms with van der Waals surface area (Å²) in [5, 5.41) is 2.92. The normalized spacial score (nSPS) is 10.2. The summed E-state index contributed by atoms with van der Waals surface area (Å²) in [6.07, 6.45) is 1.12. The molecule has 0 fully saturated rings. The van der Waals surface area contributed by atoms with E-state index in [9.17, 15) is 9.59 Å². The van der Waals surface area contributed by atoms with E-state index in [0.29, 0.717) is 12.8 Å². The van der Waals surface area contributed by atoms with Gasteiger partial charge in [0.1, 0.15) is 0 Å². The first-order chi connectivity index (χ1) is 12.0.